The molecule has 0 bridgehead atoms. The van der Waals surface area contributed by atoms with E-state index in [-0.39, 0.29) is 6.10 Å². The van der Waals surface area contributed by atoms with Gasteiger partial charge < -0.3 is 15.2 Å². The molecule has 0 aliphatic carbocycles. The molecule has 1 heterocycles. The average Bonchev–Trinajstić information content (AvgIpc) is 2.57. The minimum absolute atomic E-state index is 0.251. The molecule has 1 aromatic rings. The summed E-state index contributed by atoms with van der Waals surface area (Å²) in [5.74, 6) is 0.897. The molecule has 3 nitrogen and oxygen atoms in total. The van der Waals surface area contributed by atoms with Gasteiger partial charge in [-0.3, -0.25) is 0 Å². The number of hydrogen-bond donors (Lipinski definition) is 2. The highest BCUT2D eigenvalue weighted by molar-refractivity contribution is 5.59. The molecule has 2 unspecified atom stereocenters. The highest BCUT2D eigenvalue weighted by Crippen LogP contribution is 2.30. The zero-order valence-electron chi connectivity index (χ0n) is 9.16. The maximum Gasteiger partial charge on any atom is 0.119 e. The second-order valence-electron chi connectivity index (χ2n) is 4.15. The van der Waals surface area contributed by atoms with Crippen LogP contribution in [0.25, 0.3) is 0 Å². The van der Waals surface area contributed by atoms with Gasteiger partial charge in [0.15, 0.2) is 0 Å². The molecule has 2 N–H and O–H groups in total. The number of ether oxygens (including phenoxy) is 1. The first-order chi connectivity index (χ1) is 7.19. The Morgan fingerprint density at radius 1 is 1.60 bits per heavy atom. The Hall–Kier alpha value is -1.22. The molecule has 3 heteroatoms. The maximum absolute atomic E-state index is 9.33. The predicted molar refractivity (Wildman–Crippen MR) is 60.4 cm³/mol. The Morgan fingerprint density at radius 3 is 3.07 bits per heavy atom. The van der Waals surface area contributed by atoms with Crippen molar-refractivity contribution in [3.05, 3.63) is 23.8 Å². The lowest BCUT2D eigenvalue weighted by Crippen LogP contribution is -2.20. The summed E-state index contributed by atoms with van der Waals surface area (Å²) in [6.45, 7) is 1.82. The summed E-state index contributed by atoms with van der Waals surface area (Å²) >= 11 is 0. The van der Waals surface area contributed by atoms with Crippen molar-refractivity contribution in [3.63, 3.8) is 0 Å². The van der Waals surface area contributed by atoms with Crippen molar-refractivity contribution >= 4 is 5.69 Å². The molecule has 2 atom stereocenters. The smallest absolute Gasteiger partial charge is 0.119 e. The van der Waals surface area contributed by atoms with E-state index >= 15 is 0 Å². The van der Waals surface area contributed by atoms with Crippen molar-refractivity contribution in [3.8, 4) is 5.75 Å². The van der Waals surface area contributed by atoms with E-state index in [0.717, 1.165) is 18.6 Å². The SMILES string of the molecule is COc1ccc2c(c1)CC(CC(C)O)N2. The van der Waals surface area contributed by atoms with Crippen LogP contribution in [-0.2, 0) is 6.42 Å². The van der Waals surface area contributed by atoms with Crippen LogP contribution in [0.3, 0.4) is 0 Å². The molecule has 1 aromatic carbocycles. The Kier molecular flexibility index (Phi) is 2.82. The van der Waals surface area contributed by atoms with Crippen LogP contribution in [0.5, 0.6) is 5.75 Å². The van der Waals surface area contributed by atoms with Gasteiger partial charge in [0.2, 0.25) is 0 Å². The first-order valence-corrected chi connectivity index (χ1v) is 5.30. The fourth-order valence-corrected chi connectivity index (χ4v) is 2.10. The van der Waals surface area contributed by atoms with Crippen LogP contribution in [0.1, 0.15) is 18.9 Å². The van der Waals surface area contributed by atoms with Crippen molar-refractivity contribution in [2.45, 2.75) is 31.9 Å². The normalized spacial score (nSPS) is 20.6. The standard InChI is InChI=1S/C12H17NO2/c1-8(14)5-10-6-9-7-11(15-2)3-4-12(9)13-10/h3-4,7-8,10,13-14H,5-6H2,1-2H3. The summed E-state index contributed by atoms with van der Waals surface area (Å²) in [4.78, 5) is 0. The van der Waals surface area contributed by atoms with Gasteiger partial charge in [-0.15, -0.1) is 0 Å². The van der Waals surface area contributed by atoms with Crippen molar-refractivity contribution in [2.75, 3.05) is 12.4 Å². The number of aliphatic hydroxyl groups is 1. The van der Waals surface area contributed by atoms with Gasteiger partial charge in [0.25, 0.3) is 0 Å². The second-order valence-corrected chi connectivity index (χ2v) is 4.15. The topological polar surface area (TPSA) is 41.5 Å². The van der Waals surface area contributed by atoms with E-state index in [1.807, 2.05) is 19.1 Å². The molecule has 0 fully saturated rings. The van der Waals surface area contributed by atoms with Gasteiger partial charge in [-0.1, -0.05) is 0 Å². The molecular weight excluding hydrogens is 190 g/mol. The monoisotopic (exact) mass is 207 g/mol. The quantitative estimate of drug-likeness (QED) is 0.794. The summed E-state index contributed by atoms with van der Waals surface area (Å²) in [6.07, 6.45) is 1.51. The Morgan fingerprint density at radius 2 is 2.40 bits per heavy atom. The molecule has 0 spiro atoms. The van der Waals surface area contributed by atoms with Gasteiger partial charge in [-0.05, 0) is 43.5 Å². The number of nitrogens with one attached hydrogen (secondary N) is 1. The highest BCUT2D eigenvalue weighted by atomic mass is 16.5. The van der Waals surface area contributed by atoms with Crippen molar-refractivity contribution in [2.24, 2.45) is 0 Å². The third-order valence-electron chi connectivity index (χ3n) is 2.76. The Labute approximate surface area is 90.1 Å². The number of rotatable bonds is 3. The summed E-state index contributed by atoms with van der Waals surface area (Å²) in [6, 6.07) is 6.41. The van der Waals surface area contributed by atoms with Gasteiger partial charge in [-0.2, -0.15) is 0 Å². The van der Waals surface area contributed by atoms with Gasteiger partial charge >= 0.3 is 0 Å². The van der Waals surface area contributed by atoms with E-state index in [2.05, 4.69) is 11.4 Å². The first kappa shape index (κ1) is 10.3. The van der Waals surface area contributed by atoms with E-state index in [9.17, 15) is 5.11 Å². The third kappa shape index (κ3) is 2.23. The van der Waals surface area contributed by atoms with Crippen LogP contribution in [0.4, 0.5) is 5.69 Å². The summed E-state index contributed by atoms with van der Waals surface area (Å²) < 4.78 is 5.18. The lowest BCUT2D eigenvalue weighted by molar-refractivity contribution is 0.178. The van der Waals surface area contributed by atoms with E-state index < -0.39 is 0 Å². The van der Waals surface area contributed by atoms with Crippen LogP contribution < -0.4 is 10.1 Å². The maximum atomic E-state index is 9.33. The second kappa shape index (κ2) is 4.11. The number of fused-ring (bicyclic) bond motifs is 1. The predicted octanol–water partition coefficient (Wildman–Crippen LogP) is 1.80. The van der Waals surface area contributed by atoms with Crippen LogP contribution >= 0.6 is 0 Å². The summed E-state index contributed by atoms with van der Waals surface area (Å²) in [7, 11) is 1.68. The molecule has 82 valence electrons. The number of anilines is 1. The van der Waals surface area contributed by atoms with Crippen LogP contribution in [-0.4, -0.2) is 24.4 Å². The van der Waals surface area contributed by atoms with Gasteiger partial charge in [0.1, 0.15) is 5.75 Å². The summed E-state index contributed by atoms with van der Waals surface area (Å²) in [5.41, 5.74) is 2.45. The van der Waals surface area contributed by atoms with Gasteiger partial charge in [0, 0.05) is 11.7 Å². The average molecular weight is 207 g/mol. The van der Waals surface area contributed by atoms with E-state index in [4.69, 9.17) is 4.74 Å². The van der Waals surface area contributed by atoms with Gasteiger partial charge in [-0.25, -0.2) is 0 Å². The largest absolute Gasteiger partial charge is 0.497 e. The molecule has 0 saturated carbocycles. The Balaban J connectivity index is 2.09. The molecule has 0 radical (unpaired) electrons. The summed E-state index contributed by atoms with van der Waals surface area (Å²) in [5, 5.41) is 12.7. The lowest BCUT2D eigenvalue weighted by Gasteiger charge is -2.12. The minimum atomic E-state index is -0.251. The van der Waals surface area contributed by atoms with Crippen LogP contribution in [0.2, 0.25) is 0 Å². The first-order valence-electron chi connectivity index (χ1n) is 5.30. The third-order valence-corrected chi connectivity index (χ3v) is 2.76. The molecule has 2 rings (SSSR count). The number of hydrogen-bond acceptors (Lipinski definition) is 3. The van der Waals surface area contributed by atoms with Crippen molar-refractivity contribution in [1.29, 1.82) is 0 Å². The number of benzene rings is 1. The molecular formula is C12H17NO2. The minimum Gasteiger partial charge on any atom is -0.497 e. The number of aliphatic hydroxyl groups excluding tert-OH is 1. The van der Waals surface area contributed by atoms with Crippen molar-refractivity contribution in [1.82, 2.24) is 0 Å². The molecule has 0 amide bonds. The van der Waals surface area contributed by atoms with E-state index in [1.54, 1.807) is 7.11 Å². The van der Waals surface area contributed by atoms with Crippen molar-refractivity contribution < 1.29 is 9.84 Å². The van der Waals surface area contributed by atoms with E-state index in [1.165, 1.54) is 11.3 Å². The zero-order valence-corrected chi connectivity index (χ0v) is 9.16. The highest BCUT2D eigenvalue weighted by Gasteiger charge is 2.21. The zero-order chi connectivity index (χ0) is 10.8. The fraction of sp³-hybridized carbons (Fsp3) is 0.500. The van der Waals surface area contributed by atoms with Crippen LogP contribution in [0, 0.1) is 0 Å². The van der Waals surface area contributed by atoms with E-state index in [0.29, 0.717) is 6.04 Å². The Bertz CT molecular complexity index is 349. The molecule has 0 aromatic heterocycles. The van der Waals surface area contributed by atoms with Gasteiger partial charge in [0.05, 0.1) is 13.2 Å². The molecule has 1 aliphatic rings. The molecule has 0 saturated heterocycles. The lowest BCUT2D eigenvalue weighted by atomic mass is 10.1. The number of methoxy groups -OCH3 is 1. The molecule has 15 heavy (non-hydrogen) atoms. The molecule has 1 aliphatic heterocycles. The van der Waals surface area contributed by atoms with Crippen LogP contribution in [0.15, 0.2) is 18.2 Å². The fourth-order valence-electron chi connectivity index (χ4n) is 2.10.